The van der Waals surface area contributed by atoms with Crippen LogP contribution in [0.15, 0.2) is 27.2 Å². The number of imidazole rings is 1. The smallest absolute Gasteiger partial charge is 0.214 e. The first-order valence-corrected chi connectivity index (χ1v) is 7.29. The van der Waals surface area contributed by atoms with Crippen molar-refractivity contribution in [3.63, 3.8) is 0 Å². The number of aryl methyl sites for hydroxylation is 1. The summed E-state index contributed by atoms with van der Waals surface area (Å²) in [5.74, 6) is 1.09. The van der Waals surface area contributed by atoms with Crippen molar-refractivity contribution < 1.29 is 8.81 Å². The highest BCUT2D eigenvalue weighted by atomic mass is 79.9. The normalized spacial score (nSPS) is 11.3. The predicted molar refractivity (Wildman–Crippen MR) is 79.8 cm³/mol. The number of halogens is 2. The molecule has 0 aliphatic rings. The molecule has 104 valence electrons. The lowest BCUT2D eigenvalue weighted by molar-refractivity contribution is 0.447. The molecule has 2 heterocycles. The van der Waals surface area contributed by atoms with E-state index in [0.29, 0.717) is 27.2 Å². The Morgan fingerprint density at radius 3 is 3.00 bits per heavy atom. The summed E-state index contributed by atoms with van der Waals surface area (Å²) in [6.45, 7) is 2.42. The summed E-state index contributed by atoms with van der Waals surface area (Å²) in [4.78, 5) is 7.20. The number of fused-ring (bicyclic) bond motifs is 1. The van der Waals surface area contributed by atoms with Gasteiger partial charge in [-0.05, 0) is 34.2 Å². The fourth-order valence-electron chi connectivity index (χ4n) is 2.03. The van der Waals surface area contributed by atoms with Crippen molar-refractivity contribution in [2.24, 2.45) is 0 Å². The number of nitrogens with one attached hydrogen (secondary N) is 1. The van der Waals surface area contributed by atoms with Gasteiger partial charge in [0.25, 0.3) is 0 Å². The number of rotatable bonds is 3. The lowest BCUT2D eigenvalue weighted by atomic mass is 10.3. The minimum absolute atomic E-state index is 0.328. The van der Waals surface area contributed by atoms with Gasteiger partial charge in [0.2, 0.25) is 5.89 Å². The summed E-state index contributed by atoms with van der Waals surface area (Å²) in [7, 11) is 0. The molecular formula is C13H11BrFN3OS. The van der Waals surface area contributed by atoms with Crippen LogP contribution in [0, 0.1) is 10.6 Å². The summed E-state index contributed by atoms with van der Waals surface area (Å²) in [6, 6.07) is 3.11. The molecule has 0 radical (unpaired) electrons. The Morgan fingerprint density at radius 2 is 2.30 bits per heavy atom. The van der Waals surface area contributed by atoms with E-state index >= 15 is 0 Å². The Balaban J connectivity index is 2.08. The highest BCUT2D eigenvalue weighted by Gasteiger charge is 2.11. The number of benzene rings is 1. The van der Waals surface area contributed by atoms with E-state index < -0.39 is 0 Å². The van der Waals surface area contributed by atoms with Gasteiger partial charge in [-0.25, -0.2) is 9.37 Å². The largest absolute Gasteiger partial charge is 0.444 e. The van der Waals surface area contributed by atoms with Crippen LogP contribution >= 0.6 is 28.1 Å². The number of aromatic nitrogens is 3. The van der Waals surface area contributed by atoms with Crippen LogP contribution in [0.25, 0.3) is 11.0 Å². The average molecular weight is 356 g/mol. The summed E-state index contributed by atoms with van der Waals surface area (Å²) in [5, 5.41) is 0. The molecule has 0 atom stereocenters. The van der Waals surface area contributed by atoms with Crippen LogP contribution < -0.4 is 0 Å². The van der Waals surface area contributed by atoms with Crippen LogP contribution in [0.2, 0.25) is 0 Å². The van der Waals surface area contributed by atoms with Gasteiger partial charge in [0, 0.05) is 12.5 Å². The number of hydrogen-bond acceptors (Lipinski definition) is 3. The van der Waals surface area contributed by atoms with Crippen molar-refractivity contribution >= 4 is 39.2 Å². The zero-order valence-corrected chi connectivity index (χ0v) is 13.0. The fraction of sp³-hybridized carbons (Fsp3) is 0.231. The average Bonchev–Trinajstić information content (AvgIpc) is 2.98. The van der Waals surface area contributed by atoms with Crippen LogP contribution in [-0.2, 0) is 13.0 Å². The maximum absolute atomic E-state index is 13.5. The van der Waals surface area contributed by atoms with E-state index in [1.165, 1.54) is 6.07 Å². The molecule has 0 saturated heterocycles. The maximum Gasteiger partial charge on any atom is 0.214 e. The first-order valence-electron chi connectivity index (χ1n) is 6.09. The first-order chi connectivity index (χ1) is 9.58. The van der Waals surface area contributed by atoms with Crippen LogP contribution in [-0.4, -0.2) is 14.5 Å². The Hall–Kier alpha value is -1.47. The number of H-pyrrole nitrogens is 1. The van der Waals surface area contributed by atoms with Gasteiger partial charge in [0.1, 0.15) is 18.1 Å². The lowest BCUT2D eigenvalue weighted by Gasteiger charge is -2.02. The maximum atomic E-state index is 13.5. The summed E-state index contributed by atoms with van der Waals surface area (Å²) < 4.78 is 21.8. The molecule has 7 heteroatoms. The molecular weight excluding hydrogens is 345 g/mol. The molecule has 3 aromatic rings. The number of nitrogens with zero attached hydrogens (tertiary/aromatic N) is 2. The zero-order chi connectivity index (χ0) is 14.3. The van der Waals surface area contributed by atoms with Gasteiger partial charge >= 0.3 is 0 Å². The van der Waals surface area contributed by atoms with Gasteiger partial charge in [-0.1, -0.05) is 6.92 Å². The van der Waals surface area contributed by atoms with E-state index in [4.69, 9.17) is 16.6 Å². The van der Waals surface area contributed by atoms with Crippen LogP contribution in [0.3, 0.4) is 0 Å². The molecule has 0 spiro atoms. The molecule has 1 N–H and O–H groups in total. The van der Waals surface area contributed by atoms with Gasteiger partial charge in [0.05, 0.1) is 21.7 Å². The van der Waals surface area contributed by atoms with E-state index in [2.05, 4.69) is 25.9 Å². The van der Waals surface area contributed by atoms with E-state index in [9.17, 15) is 4.39 Å². The summed E-state index contributed by atoms with van der Waals surface area (Å²) in [6.07, 6.45) is 2.51. The predicted octanol–water partition coefficient (Wildman–Crippen LogP) is 4.20. The standard InChI is InChI=1S/C13H11BrFN3OS/c1-2-7-5-16-12(19-7)6-18-11-3-8(14)9(15)4-10(11)17-13(18)20/h3-5H,2,6H2,1H3,(H,17,20). The highest BCUT2D eigenvalue weighted by Crippen LogP contribution is 2.24. The Kier molecular flexibility index (Phi) is 3.47. The van der Waals surface area contributed by atoms with E-state index in [1.807, 2.05) is 11.5 Å². The van der Waals surface area contributed by atoms with E-state index in [-0.39, 0.29) is 5.82 Å². The molecule has 0 amide bonds. The van der Waals surface area contributed by atoms with Crippen molar-refractivity contribution in [1.29, 1.82) is 0 Å². The quantitative estimate of drug-likeness (QED) is 0.716. The van der Waals surface area contributed by atoms with Gasteiger partial charge in [-0.2, -0.15) is 0 Å². The monoisotopic (exact) mass is 355 g/mol. The van der Waals surface area contributed by atoms with Crippen LogP contribution in [0.1, 0.15) is 18.6 Å². The van der Waals surface area contributed by atoms with Crippen molar-refractivity contribution in [1.82, 2.24) is 14.5 Å². The Bertz CT molecular complexity index is 836. The molecule has 20 heavy (non-hydrogen) atoms. The number of aromatic amines is 1. The molecule has 0 aliphatic carbocycles. The van der Waals surface area contributed by atoms with E-state index in [0.717, 1.165) is 17.7 Å². The second-order valence-corrected chi connectivity index (χ2v) is 5.61. The van der Waals surface area contributed by atoms with Gasteiger partial charge in [0.15, 0.2) is 4.77 Å². The zero-order valence-electron chi connectivity index (χ0n) is 10.6. The van der Waals surface area contributed by atoms with Gasteiger partial charge in [-0.3, -0.25) is 0 Å². The third-order valence-corrected chi connectivity index (χ3v) is 3.99. The van der Waals surface area contributed by atoms with Crippen molar-refractivity contribution in [2.75, 3.05) is 0 Å². The fourth-order valence-corrected chi connectivity index (χ4v) is 2.63. The Morgan fingerprint density at radius 1 is 1.50 bits per heavy atom. The number of oxazole rings is 1. The number of hydrogen-bond donors (Lipinski definition) is 1. The summed E-state index contributed by atoms with van der Waals surface area (Å²) in [5.41, 5.74) is 1.46. The molecule has 0 aliphatic heterocycles. The first kappa shape index (κ1) is 13.5. The molecule has 4 nitrogen and oxygen atoms in total. The lowest BCUT2D eigenvalue weighted by Crippen LogP contribution is -2.00. The van der Waals surface area contributed by atoms with Crippen LogP contribution in [0.4, 0.5) is 4.39 Å². The van der Waals surface area contributed by atoms with Crippen molar-refractivity contribution in [3.8, 4) is 0 Å². The van der Waals surface area contributed by atoms with E-state index in [1.54, 1.807) is 12.3 Å². The molecule has 2 aromatic heterocycles. The third kappa shape index (κ3) is 2.31. The highest BCUT2D eigenvalue weighted by molar-refractivity contribution is 9.10. The topological polar surface area (TPSA) is 46.8 Å². The molecule has 0 saturated carbocycles. The SMILES string of the molecule is CCc1cnc(Cn2c(=S)[nH]c3cc(F)c(Br)cc32)o1. The van der Waals surface area contributed by atoms with Crippen LogP contribution in [0.5, 0.6) is 0 Å². The van der Waals surface area contributed by atoms with Crippen molar-refractivity contribution in [3.05, 3.63) is 45.0 Å². The minimum Gasteiger partial charge on any atom is -0.444 e. The second-order valence-electron chi connectivity index (χ2n) is 4.37. The van der Waals surface area contributed by atoms with Crippen molar-refractivity contribution in [2.45, 2.75) is 19.9 Å². The third-order valence-electron chi connectivity index (χ3n) is 3.06. The molecule has 0 fully saturated rings. The summed E-state index contributed by atoms with van der Waals surface area (Å²) >= 11 is 8.46. The second kappa shape index (κ2) is 5.14. The van der Waals surface area contributed by atoms with Gasteiger partial charge in [-0.15, -0.1) is 0 Å². The minimum atomic E-state index is -0.328. The molecule has 0 unspecified atom stereocenters. The van der Waals surface area contributed by atoms with Gasteiger partial charge < -0.3 is 14.0 Å². The molecule has 3 rings (SSSR count). The molecule has 1 aromatic carbocycles. The Labute approximate surface area is 127 Å². The molecule has 0 bridgehead atoms.